The molecule has 12 saturated carbocycles. The lowest BCUT2D eigenvalue weighted by atomic mass is 9.51. The van der Waals surface area contributed by atoms with E-state index in [4.69, 9.17) is 0 Å². The van der Waals surface area contributed by atoms with E-state index < -0.39 is 0 Å². The highest BCUT2D eigenvalue weighted by atomic mass is 14.5. The predicted molar refractivity (Wildman–Crippen MR) is 495 cm³/mol. The van der Waals surface area contributed by atoms with E-state index in [1.807, 2.05) is 0 Å². The summed E-state index contributed by atoms with van der Waals surface area (Å²) in [6.07, 6.45) is 65.9. The van der Waals surface area contributed by atoms with Crippen molar-refractivity contribution in [2.24, 2.45) is 145 Å². The fourth-order valence-corrected chi connectivity index (χ4v) is 30.0. The number of hydrogen-bond donors (Lipinski definition) is 0. The molecular formula is C109H212. The third-order valence-corrected chi connectivity index (χ3v) is 32.9. The molecule has 0 aromatic rings. The molecule has 0 aromatic carbocycles. The predicted octanol–water partition coefficient (Wildman–Crippen LogP) is 38.0. The van der Waals surface area contributed by atoms with Crippen LogP contribution in [0.25, 0.3) is 0 Å². The molecule has 109 heavy (non-hydrogen) atoms. The van der Waals surface area contributed by atoms with Gasteiger partial charge >= 0.3 is 0 Å². The van der Waals surface area contributed by atoms with Gasteiger partial charge in [0.05, 0.1) is 0 Å². The van der Waals surface area contributed by atoms with Crippen molar-refractivity contribution >= 4 is 0 Å². The van der Waals surface area contributed by atoms with E-state index in [0.717, 1.165) is 58.2 Å². The normalized spacial score (nSPS) is 30.6. The standard InChI is InChI=1S/C16H30.C14H26.C12H22.3C12H24.2C11H22.C9H18/c1-13-6-8-16(9-7-13)11-14(2,3)10-15(4,5)12-16;1-12-4-6-14(7-5-12)10-8-13(2,3)9-11-14;1-11-5-9-12(10-6-11)7-3-2-4-8-12;1-10(2)7-11(3,4)9-12(5,6)8-10;2*1-6-10-7-11(2,3)9-12(4,5)8-10;1-9-6-10(2,3)8-11(4,5)7-9;1-9-10(2,3)7-6-8-11(9,4)5;1-8-4-6-9(2,3)7-5-8/h13H,6-12H2,1-5H3;12H,4-11H2,1-3H3;11H,2-10H2,1H3;7-9H2,1-6H3;2*10H,6-9H2,1-5H3;2*9H,6-8H2,1-5H3;8H,4-7H2,1-3H3. The third kappa shape index (κ3) is 37.5. The van der Waals surface area contributed by atoms with Crippen LogP contribution >= 0.6 is 0 Å². The average molecular weight is 1520 g/mol. The lowest BCUT2D eigenvalue weighted by molar-refractivity contribution is -0.0321. The van der Waals surface area contributed by atoms with Gasteiger partial charge in [-0.2, -0.15) is 0 Å². The molecule has 0 radical (unpaired) electrons. The molecule has 0 saturated heterocycles. The molecule has 648 valence electrons. The van der Waals surface area contributed by atoms with Gasteiger partial charge in [-0.15, -0.1) is 0 Å². The van der Waals surface area contributed by atoms with Gasteiger partial charge in [-0.1, -0.05) is 353 Å². The topological polar surface area (TPSA) is 0 Å². The second kappa shape index (κ2) is 39.5. The molecule has 0 heterocycles. The minimum absolute atomic E-state index is 0.547. The van der Waals surface area contributed by atoms with Gasteiger partial charge in [0.1, 0.15) is 0 Å². The molecular weight excluding hydrogens is 1310 g/mol. The summed E-state index contributed by atoms with van der Waals surface area (Å²) < 4.78 is 0. The van der Waals surface area contributed by atoms with E-state index in [2.05, 4.69) is 263 Å². The Balaban J connectivity index is 0.000000260. The van der Waals surface area contributed by atoms with Crippen molar-refractivity contribution in [1.29, 1.82) is 0 Å². The van der Waals surface area contributed by atoms with Crippen LogP contribution in [0.5, 0.6) is 0 Å². The van der Waals surface area contributed by atoms with Gasteiger partial charge in [0.25, 0.3) is 0 Å². The van der Waals surface area contributed by atoms with Crippen LogP contribution in [0.15, 0.2) is 0 Å². The lowest BCUT2D eigenvalue weighted by Crippen LogP contribution is -2.43. The molecule has 3 spiro atoms. The van der Waals surface area contributed by atoms with E-state index in [9.17, 15) is 0 Å². The Morgan fingerprint density at radius 1 is 0.183 bits per heavy atom. The minimum atomic E-state index is 0.547. The molecule has 12 rings (SSSR count). The Bertz CT molecular complexity index is 2360. The molecule has 0 N–H and O–H groups in total. The summed E-state index contributed by atoms with van der Waals surface area (Å²) >= 11 is 0. The van der Waals surface area contributed by atoms with Crippen molar-refractivity contribution in [3.63, 3.8) is 0 Å². The smallest absolute Gasteiger partial charge is 0.0287 e. The fraction of sp³-hybridized carbons (Fsp3) is 1.00. The van der Waals surface area contributed by atoms with Gasteiger partial charge in [0.2, 0.25) is 0 Å². The average Bonchev–Trinajstić information content (AvgIpc) is 0.759. The molecule has 0 aromatic heterocycles. The van der Waals surface area contributed by atoms with Crippen molar-refractivity contribution in [3.8, 4) is 0 Å². The summed E-state index contributed by atoms with van der Waals surface area (Å²) in [7, 11) is 0. The molecule has 0 unspecified atom stereocenters. The molecule has 0 amide bonds. The van der Waals surface area contributed by atoms with E-state index in [0.29, 0.717) is 86.6 Å². The highest BCUT2D eigenvalue weighted by molar-refractivity contribution is 5.01. The zero-order valence-corrected chi connectivity index (χ0v) is 83.4. The Morgan fingerprint density at radius 3 is 0.670 bits per heavy atom. The Hall–Kier alpha value is 0. The minimum Gasteiger partial charge on any atom is -0.0651 e. The maximum absolute atomic E-state index is 2.49. The van der Waals surface area contributed by atoms with Gasteiger partial charge in [0.15, 0.2) is 0 Å². The van der Waals surface area contributed by atoms with Crippen molar-refractivity contribution in [2.45, 2.75) is 552 Å². The van der Waals surface area contributed by atoms with Crippen LogP contribution in [0.3, 0.4) is 0 Å². The van der Waals surface area contributed by atoms with Crippen molar-refractivity contribution < 1.29 is 0 Å². The lowest BCUT2D eigenvalue weighted by Gasteiger charge is -2.54. The molecule has 0 heteroatoms. The van der Waals surface area contributed by atoms with Gasteiger partial charge in [-0.05, 0) is 344 Å². The van der Waals surface area contributed by atoms with Crippen LogP contribution in [0, 0.1) is 145 Å². The van der Waals surface area contributed by atoms with Crippen LogP contribution in [0.1, 0.15) is 552 Å². The summed E-state index contributed by atoms with van der Waals surface area (Å²) in [4.78, 5) is 0. The zero-order chi connectivity index (χ0) is 83.4. The van der Waals surface area contributed by atoms with Gasteiger partial charge in [-0.3, -0.25) is 0 Å². The molecule has 12 aliphatic carbocycles. The summed E-state index contributed by atoms with van der Waals surface area (Å²) in [5.74, 6) is 7.76. The fourth-order valence-electron chi connectivity index (χ4n) is 30.0. The molecule has 12 aliphatic rings. The Labute approximate surface area is 692 Å². The molecule has 0 bridgehead atoms. The van der Waals surface area contributed by atoms with Crippen LogP contribution in [-0.2, 0) is 0 Å². The van der Waals surface area contributed by atoms with Gasteiger partial charge in [0, 0.05) is 0 Å². The molecule has 0 aliphatic heterocycles. The van der Waals surface area contributed by atoms with Crippen LogP contribution in [0.2, 0.25) is 0 Å². The van der Waals surface area contributed by atoms with Crippen molar-refractivity contribution in [3.05, 3.63) is 0 Å². The second-order valence-electron chi connectivity index (χ2n) is 55.9. The maximum atomic E-state index is 2.49. The summed E-state index contributed by atoms with van der Waals surface area (Å²) in [6.45, 7) is 92.0. The molecule has 12 fully saturated rings. The van der Waals surface area contributed by atoms with Crippen LogP contribution in [-0.4, -0.2) is 0 Å². The first-order valence-electron chi connectivity index (χ1n) is 49.1. The summed E-state index contributed by atoms with van der Waals surface area (Å²) in [5, 5.41) is 0. The molecule has 0 atom stereocenters. The van der Waals surface area contributed by atoms with Gasteiger partial charge in [-0.25, -0.2) is 0 Å². The first-order chi connectivity index (χ1) is 49.1. The maximum Gasteiger partial charge on any atom is -0.0287 e. The van der Waals surface area contributed by atoms with Crippen LogP contribution in [0.4, 0.5) is 0 Å². The number of rotatable bonds is 2. The quantitative estimate of drug-likeness (QED) is 0.259. The highest BCUT2D eigenvalue weighted by Crippen LogP contribution is 2.61. The molecule has 0 nitrogen and oxygen atoms in total. The monoisotopic (exact) mass is 1520 g/mol. The Kier molecular flexibility index (Phi) is 36.7. The Morgan fingerprint density at radius 2 is 0.413 bits per heavy atom. The van der Waals surface area contributed by atoms with Gasteiger partial charge < -0.3 is 0 Å². The van der Waals surface area contributed by atoms with E-state index in [-0.39, 0.29) is 0 Å². The largest absolute Gasteiger partial charge is 0.0651 e. The number of hydrogen-bond acceptors (Lipinski definition) is 0. The third-order valence-electron chi connectivity index (χ3n) is 32.9. The summed E-state index contributed by atoms with van der Waals surface area (Å²) in [6, 6.07) is 0. The van der Waals surface area contributed by atoms with Crippen LogP contribution < -0.4 is 0 Å². The SMILES string of the molecule is CC1(C)CC(C)(C)CC(C)(C)C1.CC1C(C)(C)CCCC1(C)C.CC1CC(C)(C)CC(C)(C)C1.CC1CCC(C)(C)CC1.CC1CCC2(CC1)CC(C)(C)CC(C)(C)C2.CC1CCC2(CC1)CCC(C)(C)CC2.CC1CCC2(CCCCC2)CC1.CCC1CC(C)(C)CC(C)(C)C1.CCC1CC(C)(C)CC(C)(C)C1. The first kappa shape index (κ1) is 101. The first-order valence-corrected chi connectivity index (χ1v) is 49.1. The zero-order valence-electron chi connectivity index (χ0n) is 83.4. The van der Waals surface area contributed by atoms with Crippen molar-refractivity contribution in [2.75, 3.05) is 0 Å². The summed E-state index contributed by atoms with van der Waals surface area (Å²) in [5.41, 5.74) is 11.1. The second-order valence-corrected chi connectivity index (χ2v) is 55.9. The van der Waals surface area contributed by atoms with E-state index >= 15 is 0 Å². The highest BCUT2D eigenvalue weighted by Gasteiger charge is 2.50. The van der Waals surface area contributed by atoms with E-state index in [1.165, 1.54) is 263 Å². The van der Waals surface area contributed by atoms with E-state index in [1.54, 1.807) is 25.7 Å². The van der Waals surface area contributed by atoms with Crippen molar-refractivity contribution in [1.82, 2.24) is 0 Å².